The van der Waals surface area contributed by atoms with Crippen LogP contribution < -0.4 is 11.7 Å². The number of nitrogens with one attached hydrogen (secondary N) is 1. The maximum absolute atomic E-state index is 13.7. The number of ketones is 1. The van der Waals surface area contributed by atoms with Crippen molar-refractivity contribution in [3.8, 4) is 11.1 Å². The lowest BCUT2D eigenvalue weighted by molar-refractivity contribution is -0.123. The second-order valence-electron chi connectivity index (χ2n) is 9.90. The van der Waals surface area contributed by atoms with Gasteiger partial charge in [0.2, 0.25) is 0 Å². The highest BCUT2D eigenvalue weighted by molar-refractivity contribution is 6.73. The molecule has 0 aliphatic heterocycles. The number of hydrogen-bond donors (Lipinski definition) is 3. The van der Waals surface area contributed by atoms with E-state index >= 15 is 0 Å². The zero-order valence-corrected chi connectivity index (χ0v) is 20.1. The van der Waals surface area contributed by atoms with Gasteiger partial charge in [0.15, 0.2) is 11.5 Å². The van der Waals surface area contributed by atoms with E-state index in [1.807, 2.05) is 48.5 Å². The van der Waals surface area contributed by atoms with Crippen molar-refractivity contribution < 1.29 is 4.79 Å². The Kier molecular flexibility index (Phi) is 6.22. The molecule has 2 aliphatic rings. The number of benzene rings is 3. The van der Waals surface area contributed by atoms with Crippen molar-refractivity contribution in [1.29, 1.82) is 5.53 Å². The Morgan fingerprint density at radius 1 is 0.778 bits per heavy atom. The van der Waals surface area contributed by atoms with Gasteiger partial charge in [-0.15, -0.1) is 0 Å². The van der Waals surface area contributed by atoms with Gasteiger partial charge in [-0.3, -0.25) is 4.79 Å². The zero-order valence-electron chi connectivity index (χ0n) is 20.1. The number of carbonyl (C=O) groups excluding carboxylic acids is 1. The molecule has 0 saturated heterocycles. The van der Waals surface area contributed by atoms with E-state index < -0.39 is 11.0 Å². The summed E-state index contributed by atoms with van der Waals surface area (Å²) in [5, 5.41) is 11.9. The van der Waals surface area contributed by atoms with Crippen molar-refractivity contribution in [2.45, 2.75) is 43.6 Å². The molecule has 5 N–H and O–H groups in total. The number of hydrogen-bond acceptors (Lipinski definition) is 7. The van der Waals surface area contributed by atoms with E-state index in [1.54, 1.807) is 0 Å². The van der Waals surface area contributed by atoms with Gasteiger partial charge in [0.05, 0.1) is 11.3 Å². The van der Waals surface area contributed by atoms with Gasteiger partial charge in [0.25, 0.3) is 0 Å². The molecule has 1 unspecified atom stereocenters. The zero-order chi connectivity index (χ0) is 25.2. The lowest BCUT2D eigenvalue weighted by Crippen LogP contribution is -2.44. The van der Waals surface area contributed by atoms with Crippen LogP contribution in [0.25, 0.3) is 11.1 Å². The molecule has 2 fully saturated rings. The summed E-state index contributed by atoms with van der Waals surface area (Å²) in [6.45, 7) is 0. The smallest absolute Gasteiger partial charge is 0.192 e. The van der Waals surface area contributed by atoms with Crippen LogP contribution in [-0.4, -0.2) is 22.7 Å². The molecule has 2 saturated carbocycles. The Balaban J connectivity index is 1.41. The van der Waals surface area contributed by atoms with Crippen LogP contribution in [0.15, 0.2) is 100 Å². The third-order valence-corrected chi connectivity index (χ3v) is 8.04. The molecule has 0 radical (unpaired) electrons. The first-order chi connectivity index (χ1) is 17.6. The Bertz CT molecular complexity index is 1310. The van der Waals surface area contributed by atoms with E-state index in [4.69, 9.17) is 17.2 Å². The van der Waals surface area contributed by atoms with E-state index in [-0.39, 0.29) is 17.4 Å². The summed E-state index contributed by atoms with van der Waals surface area (Å²) in [5.41, 5.74) is 11.9. The number of carbonyl (C=O) groups is 1. The van der Waals surface area contributed by atoms with Crippen LogP contribution in [0.3, 0.4) is 0 Å². The molecule has 3 aromatic carbocycles. The summed E-state index contributed by atoms with van der Waals surface area (Å²) in [4.78, 5) is 13.7. The van der Waals surface area contributed by atoms with E-state index in [2.05, 4.69) is 51.7 Å². The van der Waals surface area contributed by atoms with Crippen molar-refractivity contribution in [2.75, 3.05) is 0 Å². The average Bonchev–Trinajstić information content (AvgIpc) is 3.18. The molecule has 1 spiro atoms. The average molecular weight is 479 g/mol. The summed E-state index contributed by atoms with van der Waals surface area (Å²) in [6, 6.07) is 28.6. The fourth-order valence-electron chi connectivity index (χ4n) is 6.10. The van der Waals surface area contributed by atoms with Crippen molar-refractivity contribution in [1.82, 2.24) is 0 Å². The Morgan fingerprint density at radius 3 is 1.92 bits per heavy atom. The molecule has 3 aromatic rings. The standard InChI is InChI=1S/C29H30N6O/c30-33-25-24(23-9-5-2-6-10-23)29(27(36)26(25)34-31)17-15-28(35-32,16-18-29)19-20-11-13-22(14-12-20)21-7-3-1-4-8-21/h1-14,24,32H,15-19,30-31H2. The fourth-order valence-corrected chi connectivity index (χ4v) is 6.10. The fraction of sp³-hybridized carbons (Fsp3) is 0.276. The molecule has 0 amide bonds. The molecule has 2 aliphatic carbocycles. The monoisotopic (exact) mass is 478 g/mol. The molecule has 5 rings (SSSR count). The van der Waals surface area contributed by atoms with Gasteiger partial charge in [0.1, 0.15) is 0 Å². The lowest BCUT2D eigenvalue weighted by Gasteiger charge is -2.43. The lowest BCUT2D eigenvalue weighted by atomic mass is 9.60. The van der Waals surface area contributed by atoms with Crippen LogP contribution in [0, 0.1) is 10.9 Å². The molecular weight excluding hydrogens is 448 g/mol. The highest BCUT2D eigenvalue weighted by atomic mass is 16.1. The van der Waals surface area contributed by atoms with Crippen LogP contribution in [0.4, 0.5) is 0 Å². The summed E-state index contributed by atoms with van der Waals surface area (Å²) in [6.07, 6.45) is 3.01. The van der Waals surface area contributed by atoms with E-state index in [0.29, 0.717) is 37.8 Å². The molecule has 0 heterocycles. The van der Waals surface area contributed by atoms with Gasteiger partial charge in [-0.25, -0.2) is 5.53 Å². The van der Waals surface area contributed by atoms with Crippen molar-refractivity contribution in [2.24, 2.45) is 32.4 Å². The highest BCUT2D eigenvalue weighted by Crippen LogP contribution is 2.56. The largest absolute Gasteiger partial charge is 0.323 e. The summed E-state index contributed by atoms with van der Waals surface area (Å²) < 4.78 is 0. The quantitative estimate of drug-likeness (QED) is 0.264. The Labute approximate surface area is 210 Å². The van der Waals surface area contributed by atoms with Gasteiger partial charge >= 0.3 is 0 Å². The summed E-state index contributed by atoms with van der Waals surface area (Å²) in [5.74, 6) is 11.0. The van der Waals surface area contributed by atoms with Gasteiger partial charge in [-0.1, -0.05) is 84.9 Å². The molecular formula is C29H30N6O. The molecule has 0 bridgehead atoms. The van der Waals surface area contributed by atoms with E-state index in [1.165, 1.54) is 5.56 Å². The predicted octanol–water partition coefficient (Wildman–Crippen LogP) is 5.22. The maximum Gasteiger partial charge on any atom is 0.192 e. The van der Waals surface area contributed by atoms with Gasteiger partial charge in [-0.05, 0) is 54.4 Å². The number of Topliss-reactive ketones (excluding diaryl/α,β-unsaturated/α-hetero) is 1. The maximum atomic E-state index is 13.7. The van der Waals surface area contributed by atoms with Crippen LogP contribution in [-0.2, 0) is 11.2 Å². The van der Waals surface area contributed by atoms with Gasteiger partial charge < -0.3 is 11.7 Å². The topological polar surface area (TPSA) is 130 Å². The van der Waals surface area contributed by atoms with Crippen LogP contribution in [0.5, 0.6) is 0 Å². The predicted molar refractivity (Wildman–Crippen MR) is 142 cm³/mol. The van der Waals surface area contributed by atoms with Crippen molar-refractivity contribution in [3.05, 3.63) is 96.1 Å². The third kappa shape index (κ3) is 3.90. The first-order valence-electron chi connectivity index (χ1n) is 12.2. The molecule has 1 atom stereocenters. The van der Waals surface area contributed by atoms with E-state index in [0.717, 1.165) is 16.7 Å². The Hall–Kier alpha value is -4.13. The number of nitrogens with zero attached hydrogens (tertiary/aromatic N) is 3. The van der Waals surface area contributed by atoms with Crippen molar-refractivity contribution in [3.63, 3.8) is 0 Å². The number of nitrogens with two attached hydrogens (primary N) is 2. The first-order valence-corrected chi connectivity index (χ1v) is 12.2. The van der Waals surface area contributed by atoms with Gasteiger partial charge in [-0.2, -0.15) is 15.3 Å². The summed E-state index contributed by atoms with van der Waals surface area (Å²) >= 11 is 0. The van der Waals surface area contributed by atoms with Crippen LogP contribution >= 0.6 is 0 Å². The SMILES string of the molecule is N=NC1(Cc2ccc(-c3ccccc3)cc2)CCC2(CC1)C(=O)C(=NN)C(=NN)C2c1ccccc1. The second-order valence-corrected chi connectivity index (χ2v) is 9.90. The number of hydrazone groups is 2. The third-order valence-electron chi connectivity index (χ3n) is 8.04. The minimum absolute atomic E-state index is 0.103. The molecule has 36 heavy (non-hydrogen) atoms. The normalized spacial score (nSPS) is 28.1. The molecule has 0 aromatic heterocycles. The highest BCUT2D eigenvalue weighted by Gasteiger charge is 2.60. The molecule has 7 heteroatoms. The molecule has 182 valence electrons. The Morgan fingerprint density at radius 2 is 1.36 bits per heavy atom. The minimum Gasteiger partial charge on any atom is -0.323 e. The van der Waals surface area contributed by atoms with Crippen molar-refractivity contribution >= 4 is 17.2 Å². The van der Waals surface area contributed by atoms with Crippen LogP contribution in [0.1, 0.15) is 42.7 Å². The number of rotatable bonds is 5. The summed E-state index contributed by atoms with van der Waals surface area (Å²) in [7, 11) is 0. The first kappa shape index (κ1) is 23.6. The van der Waals surface area contributed by atoms with Gasteiger partial charge in [0, 0.05) is 11.3 Å². The second kappa shape index (κ2) is 9.49. The van der Waals surface area contributed by atoms with E-state index in [9.17, 15) is 4.79 Å². The van der Waals surface area contributed by atoms with Crippen LogP contribution in [0.2, 0.25) is 0 Å². The minimum atomic E-state index is -0.733. The molecule has 7 nitrogen and oxygen atoms in total.